The Bertz CT molecular complexity index is 623. The van der Waals surface area contributed by atoms with Crippen molar-refractivity contribution in [2.45, 2.75) is 13.5 Å². The van der Waals surface area contributed by atoms with Crippen LogP contribution in [-0.2, 0) is 35.2 Å². The Morgan fingerprint density at radius 1 is 1.17 bits per heavy atom. The molecule has 0 atom stereocenters. The van der Waals surface area contributed by atoms with Crippen LogP contribution in [-0.4, -0.2) is 32.1 Å². The molecule has 1 aromatic carbocycles. The predicted octanol–water partition coefficient (Wildman–Crippen LogP) is 2.00. The van der Waals surface area contributed by atoms with Crippen molar-refractivity contribution in [2.75, 3.05) is 19.5 Å². The summed E-state index contributed by atoms with van der Waals surface area (Å²) < 4.78 is 14.8. The summed E-state index contributed by atoms with van der Waals surface area (Å²) in [6.45, 7) is 1.52. The zero-order valence-electron chi connectivity index (χ0n) is 12.8. The first-order valence-corrected chi connectivity index (χ1v) is 7.52. The summed E-state index contributed by atoms with van der Waals surface area (Å²) in [7, 11) is 2.35. The molecule has 0 saturated heterocycles. The van der Waals surface area contributed by atoms with Gasteiger partial charge in [0.2, 0.25) is 0 Å². The van der Waals surface area contributed by atoms with Gasteiger partial charge in [-0.15, -0.1) is 0 Å². The third kappa shape index (κ3) is 5.89. The van der Waals surface area contributed by atoms with Crippen LogP contribution in [0.3, 0.4) is 0 Å². The summed E-state index contributed by atoms with van der Waals surface area (Å²) in [6, 6.07) is 5.32. The number of methoxy groups -OCH3 is 2. The van der Waals surface area contributed by atoms with E-state index < -0.39 is 11.9 Å². The quantitative estimate of drug-likeness (QED) is 0.183. The number of rotatable bonds is 6. The molecule has 7 nitrogen and oxygen atoms in total. The molecule has 1 aromatic rings. The lowest BCUT2D eigenvalue weighted by molar-refractivity contribution is -0.144. The molecule has 0 spiro atoms. The number of esters is 3. The van der Waals surface area contributed by atoms with Gasteiger partial charge in [0.05, 0.1) is 19.9 Å². The van der Waals surface area contributed by atoms with E-state index in [1.54, 1.807) is 12.1 Å². The fourth-order valence-corrected chi connectivity index (χ4v) is 2.26. The maximum Gasteiger partial charge on any atom is 0.346 e. The summed E-state index contributed by atoms with van der Waals surface area (Å²) in [4.78, 5) is 33.9. The highest BCUT2D eigenvalue weighted by Crippen LogP contribution is 2.20. The predicted molar refractivity (Wildman–Crippen MR) is 90.4 cm³/mol. The van der Waals surface area contributed by atoms with Gasteiger partial charge in [-0.3, -0.25) is 4.79 Å². The molecule has 0 amide bonds. The minimum absolute atomic E-state index is 0.178. The Hall–Kier alpha value is -2.10. The Morgan fingerprint density at radius 3 is 2.26 bits per heavy atom. The largest absolute Gasteiger partial charge is 0.465 e. The molecule has 0 aliphatic rings. The molecule has 1 N–H and O–H groups in total. The van der Waals surface area contributed by atoms with Crippen molar-refractivity contribution in [3.05, 3.63) is 39.1 Å². The highest BCUT2D eigenvalue weighted by Gasteiger charge is 2.19. The zero-order valence-corrected chi connectivity index (χ0v) is 15.0. The molecular formula is C15H16INO6. The second-order valence-corrected chi connectivity index (χ2v) is 5.44. The summed E-state index contributed by atoms with van der Waals surface area (Å²) in [5, 5.41) is 2.86. The SMILES string of the molecule is COC(=O)C(=CNc1ccc(COC(C)=O)cc1I)C(=O)OC. The molecule has 0 saturated carbocycles. The maximum atomic E-state index is 11.5. The zero-order chi connectivity index (χ0) is 17.4. The molecule has 124 valence electrons. The van der Waals surface area contributed by atoms with Gasteiger partial charge >= 0.3 is 17.9 Å². The first-order chi connectivity index (χ1) is 10.9. The fourth-order valence-electron chi connectivity index (χ4n) is 1.52. The van der Waals surface area contributed by atoms with Crippen LogP contribution >= 0.6 is 22.6 Å². The van der Waals surface area contributed by atoms with Crippen molar-refractivity contribution in [2.24, 2.45) is 0 Å². The number of anilines is 1. The minimum atomic E-state index is -0.800. The third-order valence-electron chi connectivity index (χ3n) is 2.66. The van der Waals surface area contributed by atoms with E-state index in [-0.39, 0.29) is 18.1 Å². The van der Waals surface area contributed by atoms with Crippen LogP contribution in [0.4, 0.5) is 5.69 Å². The summed E-state index contributed by atoms with van der Waals surface area (Å²) in [6.07, 6.45) is 1.22. The molecule has 0 aliphatic carbocycles. The van der Waals surface area contributed by atoms with Gasteiger partial charge in [-0.25, -0.2) is 9.59 Å². The maximum absolute atomic E-state index is 11.5. The first kappa shape index (κ1) is 18.9. The van der Waals surface area contributed by atoms with E-state index in [1.807, 2.05) is 6.07 Å². The Morgan fingerprint density at radius 2 is 1.78 bits per heavy atom. The van der Waals surface area contributed by atoms with Crippen LogP contribution in [0.2, 0.25) is 0 Å². The van der Waals surface area contributed by atoms with Crippen LogP contribution in [0.1, 0.15) is 12.5 Å². The lowest BCUT2D eigenvalue weighted by atomic mass is 10.2. The number of hydrogen-bond donors (Lipinski definition) is 1. The molecule has 1 rings (SSSR count). The number of nitrogens with one attached hydrogen (secondary N) is 1. The highest BCUT2D eigenvalue weighted by atomic mass is 127. The van der Waals surface area contributed by atoms with Crippen molar-refractivity contribution in [3.8, 4) is 0 Å². The van der Waals surface area contributed by atoms with Crippen LogP contribution in [0.5, 0.6) is 0 Å². The Balaban J connectivity index is 2.90. The number of ether oxygens (including phenoxy) is 3. The van der Waals surface area contributed by atoms with Gasteiger partial charge in [-0.2, -0.15) is 0 Å². The van der Waals surface area contributed by atoms with E-state index in [0.29, 0.717) is 5.69 Å². The van der Waals surface area contributed by atoms with E-state index in [9.17, 15) is 14.4 Å². The standard InChI is InChI=1S/C15H16INO6/c1-9(18)23-8-10-4-5-13(12(16)6-10)17-7-11(14(19)21-2)15(20)22-3/h4-7,17H,8H2,1-3H3. The van der Waals surface area contributed by atoms with E-state index in [1.165, 1.54) is 27.3 Å². The number of hydrogen-bond acceptors (Lipinski definition) is 7. The Labute approximate surface area is 147 Å². The monoisotopic (exact) mass is 433 g/mol. The molecule has 8 heteroatoms. The molecule has 0 unspecified atom stereocenters. The van der Waals surface area contributed by atoms with Gasteiger partial charge in [-0.1, -0.05) is 6.07 Å². The highest BCUT2D eigenvalue weighted by molar-refractivity contribution is 14.1. The second-order valence-electron chi connectivity index (χ2n) is 4.28. The van der Waals surface area contributed by atoms with Gasteiger partial charge < -0.3 is 19.5 Å². The van der Waals surface area contributed by atoms with Crippen molar-refractivity contribution in [3.63, 3.8) is 0 Å². The summed E-state index contributed by atoms with van der Waals surface area (Å²) in [5.74, 6) is -1.96. The number of halogens is 1. The lowest BCUT2D eigenvalue weighted by Gasteiger charge is -2.09. The van der Waals surface area contributed by atoms with E-state index in [2.05, 4.69) is 37.4 Å². The molecule has 0 radical (unpaired) electrons. The first-order valence-electron chi connectivity index (χ1n) is 6.44. The second kappa shape index (κ2) is 9.13. The van der Waals surface area contributed by atoms with Crippen molar-refractivity contribution in [1.82, 2.24) is 0 Å². The normalized spacial score (nSPS) is 9.57. The average molecular weight is 433 g/mol. The topological polar surface area (TPSA) is 90.9 Å². The van der Waals surface area contributed by atoms with Gasteiger partial charge in [0.15, 0.2) is 5.57 Å². The van der Waals surface area contributed by atoms with Crippen LogP contribution in [0.15, 0.2) is 30.0 Å². The number of carbonyl (C=O) groups is 3. The molecule has 0 aromatic heterocycles. The van der Waals surface area contributed by atoms with Crippen LogP contribution in [0.25, 0.3) is 0 Å². The van der Waals surface area contributed by atoms with Gasteiger partial charge in [0.1, 0.15) is 6.61 Å². The van der Waals surface area contributed by atoms with Crippen molar-refractivity contribution < 1.29 is 28.6 Å². The minimum Gasteiger partial charge on any atom is -0.465 e. The summed E-state index contributed by atoms with van der Waals surface area (Å²) >= 11 is 2.08. The summed E-state index contributed by atoms with van der Waals surface area (Å²) in [5.41, 5.74) is 1.23. The van der Waals surface area contributed by atoms with E-state index in [4.69, 9.17) is 4.74 Å². The average Bonchev–Trinajstić information content (AvgIpc) is 2.53. The smallest absolute Gasteiger partial charge is 0.346 e. The van der Waals surface area contributed by atoms with Gasteiger partial charge in [0.25, 0.3) is 0 Å². The molecular weight excluding hydrogens is 417 g/mol. The van der Waals surface area contributed by atoms with Crippen molar-refractivity contribution in [1.29, 1.82) is 0 Å². The van der Waals surface area contributed by atoms with E-state index in [0.717, 1.165) is 9.13 Å². The molecule has 0 bridgehead atoms. The lowest BCUT2D eigenvalue weighted by Crippen LogP contribution is -2.17. The Kier molecular flexibility index (Phi) is 7.52. The number of carbonyl (C=O) groups excluding carboxylic acids is 3. The molecule has 0 aliphatic heterocycles. The molecule has 0 fully saturated rings. The van der Waals surface area contributed by atoms with Gasteiger partial charge in [-0.05, 0) is 40.3 Å². The van der Waals surface area contributed by atoms with Crippen LogP contribution in [0, 0.1) is 3.57 Å². The molecule has 23 heavy (non-hydrogen) atoms. The number of benzene rings is 1. The molecule has 0 heterocycles. The third-order valence-corrected chi connectivity index (χ3v) is 3.55. The fraction of sp³-hybridized carbons (Fsp3) is 0.267. The van der Waals surface area contributed by atoms with Crippen LogP contribution < -0.4 is 5.32 Å². The van der Waals surface area contributed by atoms with Crippen molar-refractivity contribution >= 4 is 46.2 Å². The van der Waals surface area contributed by atoms with E-state index >= 15 is 0 Å². The van der Waals surface area contributed by atoms with Gasteiger partial charge in [0, 0.05) is 16.7 Å².